The third-order valence-corrected chi connectivity index (χ3v) is 6.74. The van der Waals surface area contributed by atoms with Gasteiger partial charge in [-0.25, -0.2) is 13.2 Å². The lowest BCUT2D eigenvalue weighted by Gasteiger charge is -2.21. The van der Waals surface area contributed by atoms with E-state index < -0.39 is 59.7 Å². The predicted octanol–water partition coefficient (Wildman–Crippen LogP) is 3.34. The number of carbonyl (C=O) groups is 4. The number of amides is 4. The summed E-state index contributed by atoms with van der Waals surface area (Å²) >= 11 is 0. The van der Waals surface area contributed by atoms with Crippen molar-refractivity contribution in [1.29, 1.82) is 0 Å². The summed E-state index contributed by atoms with van der Waals surface area (Å²) in [5.74, 6) is -5.55. The number of nitrogens with one attached hydrogen (secondary N) is 4. The maximum atomic E-state index is 14.2. The molecule has 0 aliphatic carbocycles. The van der Waals surface area contributed by atoms with Crippen LogP contribution in [0, 0.1) is 17.5 Å². The second-order valence-electron chi connectivity index (χ2n) is 10.2. The number of aromatic hydroxyl groups is 2. The number of phenols is 2. The van der Waals surface area contributed by atoms with E-state index in [1.54, 1.807) is 12.1 Å². The summed E-state index contributed by atoms with van der Waals surface area (Å²) in [6.07, 6.45) is -0.123. The lowest BCUT2D eigenvalue weighted by atomic mass is 10.0. The molecule has 238 valence electrons. The quantitative estimate of drug-likeness (QED) is 0.140. The molecule has 46 heavy (non-hydrogen) atoms. The first-order chi connectivity index (χ1) is 22.0. The third kappa shape index (κ3) is 9.58. The van der Waals surface area contributed by atoms with Crippen LogP contribution < -0.4 is 21.3 Å². The van der Waals surface area contributed by atoms with Crippen LogP contribution >= 0.6 is 0 Å². The number of benzene rings is 4. The number of halogens is 3. The van der Waals surface area contributed by atoms with Gasteiger partial charge in [-0.15, -0.1) is 0 Å². The largest absolute Gasteiger partial charge is 0.508 e. The maximum absolute atomic E-state index is 14.2. The SMILES string of the molecule is O=C(CNC(=O)[C@H](Cc1ccc(O)cc1)NC(=O)c1ccc(F)cc1)N[C@@H](Cc1ccc(O)cc1)C(=O)Nc1ccc(F)cc1F. The monoisotopic (exact) mass is 634 g/mol. The molecule has 6 N–H and O–H groups in total. The number of anilines is 1. The molecule has 0 aliphatic rings. The summed E-state index contributed by atoms with van der Waals surface area (Å²) in [4.78, 5) is 52.1. The van der Waals surface area contributed by atoms with Gasteiger partial charge < -0.3 is 31.5 Å². The first-order valence-corrected chi connectivity index (χ1v) is 13.9. The first-order valence-electron chi connectivity index (χ1n) is 13.9. The van der Waals surface area contributed by atoms with E-state index in [2.05, 4.69) is 21.3 Å². The van der Waals surface area contributed by atoms with Crippen molar-refractivity contribution in [3.63, 3.8) is 0 Å². The summed E-state index contributed by atoms with van der Waals surface area (Å²) < 4.78 is 40.9. The Morgan fingerprint density at radius 3 is 1.70 bits per heavy atom. The summed E-state index contributed by atoms with van der Waals surface area (Å²) in [5, 5.41) is 28.9. The van der Waals surface area contributed by atoms with E-state index in [0.717, 1.165) is 24.3 Å². The van der Waals surface area contributed by atoms with Crippen LogP contribution in [0.1, 0.15) is 21.5 Å². The van der Waals surface area contributed by atoms with Gasteiger partial charge in [-0.1, -0.05) is 24.3 Å². The van der Waals surface area contributed by atoms with Crippen molar-refractivity contribution in [2.75, 3.05) is 11.9 Å². The zero-order valence-electron chi connectivity index (χ0n) is 24.1. The molecular weight excluding hydrogens is 605 g/mol. The standard InChI is InChI=1S/C33H29F3N4O6/c34-22-7-5-21(6-8-22)31(44)40-28(15-19-1-10-24(41)11-2-19)32(45)37-18-30(43)38-29(16-20-3-12-25(42)13-4-20)33(46)39-27-14-9-23(35)17-26(27)36/h1-14,17,28-29,41-42H,15-16,18H2,(H,37,45)(H,38,43)(H,39,46)(H,40,44)/t28-,29-/m0/s1. The molecule has 0 aliphatic heterocycles. The topological polar surface area (TPSA) is 157 Å². The Morgan fingerprint density at radius 1 is 0.630 bits per heavy atom. The minimum atomic E-state index is -1.29. The molecule has 13 heteroatoms. The van der Waals surface area contributed by atoms with Crippen molar-refractivity contribution >= 4 is 29.3 Å². The molecule has 0 unspecified atom stereocenters. The van der Waals surface area contributed by atoms with Gasteiger partial charge in [-0.2, -0.15) is 0 Å². The van der Waals surface area contributed by atoms with Crippen LogP contribution in [0.25, 0.3) is 0 Å². The van der Waals surface area contributed by atoms with Crippen LogP contribution in [-0.2, 0) is 27.2 Å². The van der Waals surface area contributed by atoms with E-state index in [1.165, 1.54) is 48.5 Å². The van der Waals surface area contributed by atoms with Crippen LogP contribution in [0.4, 0.5) is 18.9 Å². The lowest BCUT2D eigenvalue weighted by molar-refractivity contribution is -0.128. The van der Waals surface area contributed by atoms with Gasteiger partial charge in [0.2, 0.25) is 17.7 Å². The van der Waals surface area contributed by atoms with Crippen LogP contribution in [0.3, 0.4) is 0 Å². The Hall–Kier alpha value is -5.85. The van der Waals surface area contributed by atoms with Crippen molar-refractivity contribution in [2.24, 2.45) is 0 Å². The number of rotatable bonds is 12. The molecule has 0 fully saturated rings. The predicted molar refractivity (Wildman–Crippen MR) is 161 cm³/mol. The van der Waals surface area contributed by atoms with Gasteiger partial charge in [0.15, 0.2) is 0 Å². The smallest absolute Gasteiger partial charge is 0.251 e. The number of hydrogen-bond donors (Lipinski definition) is 6. The Bertz CT molecular complexity index is 1700. The van der Waals surface area contributed by atoms with Crippen LogP contribution in [-0.4, -0.2) is 52.5 Å². The van der Waals surface area contributed by atoms with Crippen molar-refractivity contribution in [2.45, 2.75) is 24.9 Å². The highest BCUT2D eigenvalue weighted by molar-refractivity contribution is 5.99. The minimum Gasteiger partial charge on any atom is -0.508 e. The molecule has 10 nitrogen and oxygen atoms in total. The molecule has 0 saturated carbocycles. The van der Waals surface area contributed by atoms with E-state index in [4.69, 9.17) is 0 Å². The van der Waals surface area contributed by atoms with Crippen molar-refractivity contribution < 1.29 is 42.6 Å². The highest BCUT2D eigenvalue weighted by Crippen LogP contribution is 2.17. The highest BCUT2D eigenvalue weighted by atomic mass is 19.1. The van der Waals surface area contributed by atoms with Gasteiger partial charge in [0.1, 0.15) is 41.0 Å². The van der Waals surface area contributed by atoms with Gasteiger partial charge in [-0.05, 0) is 71.8 Å². The first kappa shape index (κ1) is 33.1. The average Bonchev–Trinajstić information content (AvgIpc) is 3.03. The summed E-state index contributed by atoms with van der Waals surface area (Å²) in [5.41, 5.74) is 0.863. The Morgan fingerprint density at radius 2 is 1.15 bits per heavy atom. The van der Waals surface area contributed by atoms with E-state index in [0.29, 0.717) is 17.2 Å². The van der Waals surface area contributed by atoms with Gasteiger partial charge >= 0.3 is 0 Å². The molecule has 4 rings (SSSR count). The van der Waals surface area contributed by atoms with Gasteiger partial charge in [0.25, 0.3) is 5.91 Å². The average molecular weight is 635 g/mol. The van der Waals surface area contributed by atoms with Gasteiger partial charge in [-0.3, -0.25) is 19.2 Å². The minimum absolute atomic E-state index is 0.00941. The normalized spacial score (nSPS) is 12.0. The second kappa shape index (κ2) is 15.2. The van der Waals surface area contributed by atoms with Crippen molar-refractivity contribution in [3.8, 4) is 11.5 Å². The molecule has 4 amide bonds. The number of carbonyl (C=O) groups excluding carboxylic acids is 4. The second-order valence-corrected chi connectivity index (χ2v) is 10.2. The summed E-state index contributed by atoms with van der Waals surface area (Å²) in [7, 11) is 0. The molecular formula is C33H29F3N4O6. The molecule has 0 heterocycles. The van der Waals surface area contributed by atoms with E-state index in [1.807, 2.05) is 0 Å². The molecule has 0 radical (unpaired) electrons. The Labute approximate surface area is 261 Å². The van der Waals surface area contributed by atoms with Crippen LogP contribution in [0.15, 0.2) is 91.0 Å². The number of hydrogen-bond acceptors (Lipinski definition) is 6. The molecule has 0 bridgehead atoms. The van der Waals surface area contributed by atoms with E-state index in [-0.39, 0.29) is 35.6 Å². The molecule has 4 aromatic carbocycles. The Kier molecular flexibility index (Phi) is 10.9. The zero-order valence-corrected chi connectivity index (χ0v) is 24.1. The highest BCUT2D eigenvalue weighted by Gasteiger charge is 2.25. The van der Waals surface area contributed by atoms with Gasteiger partial charge in [0.05, 0.1) is 12.2 Å². The maximum Gasteiger partial charge on any atom is 0.251 e. The fourth-order valence-electron chi connectivity index (χ4n) is 4.34. The molecule has 2 atom stereocenters. The molecule has 0 saturated heterocycles. The van der Waals surface area contributed by atoms with Crippen molar-refractivity contribution in [1.82, 2.24) is 16.0 Å². The molecule has 0 spiro atoms. The van der Waals surface area contributed by atoms with Crippen molar-refractivity contribution in [3.05, 3.63) is 125 Å². The summed E-state index contributed by atoms with van der Waals surface area (Å²) in [6, 6.07) is 16.4. The number of phenolic OH excluding ortho intramolecular Hbond substituents is 2. The Balaban J connectivity index is 1.45. The lowest BCUT2D eigenvalue weighted by Crippen LogP contribution is -2.52. The van der Waals surface area contributed by atoms with E-state index in [9.17, 15) is 42.6 Å². The van der Waals surface area contributed by atoms with Gasteiger partial charge in [0, 0.05) is 24.5 Å². The van der Waals surface area contributed by atoms with Crippen LogP contribution in [0.5, 0.6) is 11.5 Å². The summed E-state index contributed by atoms with van der Waals surface area (Å²) in [6.45, 7) is -0.623. The van der Waals surface area contributed by atoms with Crippen LogP contribution in [0.2, 0.25) is 0 Å². The fourth-order valence-corrected chi connectivity index (χ4v) is 4.34. The third-order valence-electron chi connectivity index (χ3n) is 6.74. The van der Waals surface area contributed by atoms with E-state index >= 15 is 0 Å². The molecule has 0 aromatic heterocycles. The molecule has 4 aromatic rings. The zero-order chi connectivity index (χ0) is 33.2. The fraction of sp³-hybridized carbons (Fsp3) is 0.152.